The monoisotopic (exact) mass is 1380 g/mol. The van der Waals surface area contributed by atoms with Gasteiger partial charge in [-0.25, -0.2) is 34.1 Å². The van der Waals surface area contributed by atoms with E-state index in [9.17, 15) is 14.4 Å². The summed E-state index contributed by atoms with van der Waals surface area (Å²) in [5.41, 5.74) is 7.25. The Morgan fingerprint density at radius 3 is 1.17 bits per heavy atom. The van der Waals surface area contributed by atoms with Gasteiger partial charge in [0.05, 0.1) is 38.6 Å². The smallest absolute Gasteiger partial charge is 0.335 e. The van der Waals surface area contributed by atoms with E-state index in [1.54, 1.807) is 55.6 Å². The summed E-state index contributed by atoms with van der Waals surface area (Å²) < 4.78 is 67.9. The molecule has 23 nitrogen and oxygen atoms in total. The number of carbonyl (C=O) groups excluding carboxylic acids is 2. The molecule has 3 unspecified atom stereocenters. The molecule has 3 aromatic rings. The van der Waals surface area contributed by atoms with Crippen molar-refractivity contribution in [1.82, 2.24) is 5.32 Å². The number of benzene rings is 3. The van der Waals surface area contributed by atoms with Gasteiger partial charge in [-0.05, 0) is 155 Å². The van der Waals surface area contributed by atoms with Crippen LogP contribution in [0.1, 0.15) is 195 Å². The summed E-state index contributed by atoms with van der Waals surface area (Å²) >= 11 is 0. The third kappa shape index (κ3) is 14.4. The number of hydrogen-bond acceptors (Lipinski definition) is 21. The van der Waals surface area contributed by atoms with Gasteiger partial charge in [-0.3, -0.25) is 9.59 Å². The quantitative estimate of drug-likeness (QED) is 0.0572. The largest absolute Gasteiger partial charge is 0.478 e. The standard InChI is InChI=1S/C49H65NO13.C23H30O7.C3H9NO.CH4/c1-28-7-17-38-30(3)42(56-44-48(38)36(28)19-21-46(5,58-44)60-62-48)54-25-32-9-13-34(14-10-32)40(51)27-53-24-23-50-41(52)35-15-11-33(12-16-35)26-55-43-31(4)39-18-8-29(2)37-20-22-47(6)59-45(57-43)49(37,39)63-61-47;1-13-4-9-18-14(2)20(26-12-15-5-7-16(8-6-15)19(24)25)27-21-23(18)17(13)10-11-22(3,28-21)29-30-23;1-5-3-2-4;/h9-16,28-31,36-39,42-45H,7-8,17-27H2,1-6H3,(H,50,52);5-8,13-14,17-18,20-21H,4,9-12H2,1-3H3,(H,24,25);2-4H2,1H3;1H4/t28-,29+,30-,31+,36+,37-,38+,39-,42?,43?,44-,45+,46+,47-,48-,49+;13-,14-,17+,18+,20?,21-,22+,23-;;/m01../s1. The summed E-state index contributed by atoms with van der Waals surface area (Å²) in [6, 6.07) is 21.4. The summed E-state index contributed by atoms with van der Waals surface area (Å²) in [4.78, 5) is 73.3. The van der Waals surface area contributed by atoms with Crippen molar-refractivity contribution in [3.63, 3.8) is 0 Å². The molecule has 548 valence electrons. The minimum Gasteiger partial charge on any atom is -0.478 e. The van der Waals surface area contributed by atoms with Gasteiger partial charge in [0.2, 0.25) is 17.4 Å². The number of aromatic carboxylic acids is 1. The maximum absolute atomic E-state index is 12.9. The highest BCUT2D eigenvalue weighted by Gasteiger charge is 2.73. The minimum absolute atomic E-state index is 0. The van der Waals surface area contributed by atoms with Crippen LogP contribution in [0.2, 0.25) is 0 Å². The zero-order valence-corrected chi connectivity index (χ0v) is 58.7. The molecule has 12 saturated heterocycles. The maximum atomic E-state index is 12.9. The number of ether oxygens (including phenoxy) is 11. The van der Waals surface area contributed by atoms with Crippen LogP contribution in [0.3, 0.4) is 0 Å². The van der Waals surface area contributed by atoms with Crippen LogP contribution in [0.25, 0.3) is 0 Å². The highest BCUT2D eigenvalue weighted by molar-refractivity contribution is 5.97. The van der Waals surface area contributed by atoms with Crippen molar-refractivity contribution in [2.75, 3.05) is 40.0 Å². The molecule has 23 heteroatoms. The molecular weight excluding hydrogens is 1280 g/mol. The van der Waals surface area contributed by atoms with E-state index in [1.165, 1.54) is 0 Å². The first-order valence-corrected chi connectivity index (χ1v) is 36.1. The lowest BCUT2D eigenvalue weighted by Gasteiger charge is -2.60. The van der Waals surface area contributed by atoms with Crippen LogP contribution in [0, 0.1) is 71.0 Å². The molecule has 99 heavy (non-hydrogen) atoms. The number of methoxy groups -OCH3 is 1. The van der Waals surface area contributed by atoms with Crippen LogP contribution in [0.5, 0.6) is 0 Å². The summed E-state index contributed by atoms with van der Waals surface area (Å²) in [7, 11) is 1.63. The van der Waals surface area contributed by atoms with E-state index in [0.717, 1.165) is 93.7 Å². The molecule has 15 fully saturated rings. The fourth-order valence-electron chi connectivity index (χ4n) is 18.7. The lowest BCUT2D eigenvalue weighted by molar-refractivity contribution is -0.577. The van der Waals surface area contributed by atoms with Crippen molar-refractivity contribution in [2.45, 2.75) is 239 Å². The Morgan fingerprint density at radius 1 is 0.485 bits per heavy atom. The lowest BCUT2D eigenvalue weighted by atomic mass is 9.58. The number of carbonyl (C=O) groups is 3. The predicted molar refractivity (Wildman–Crippen MR) is 356 cm³/mol. The zero-order chi connectivity index (χ0) is 68.9. The lowest BCUT2D eigenvalue weighted by Crippen LogP contribution is -2.70. The van der Waals surface area contributed by atoms with Crippen molar-refractivity contribution in [3.8, 4) is 0 Å². The van der Waals surface area contributed by atoms with Crippen LogP contribution in [-0.2, 0) is 101 Å². The van der Waals surface area contributed by atoms with Gasteiger partial charge in [-0.15, -0.1) is 0 Å². The van der Waals surface area contributed by atoms with Gasteiger partial charge in [0, 0.05) is 86.1 Å². The van der Waals surface area contributed by atoms with Gasteiger partial charge < -0.3 is 68.3 Å². The Balaban J connectivity index is 0.000000215. The normalized spacial score (nSPS) is 41.8. The molecule has 3 aliphatic carbocycles. The Labute approximate surface area is 583 Å². The van der Waals surface area contributed by atoms with Crippen molar-refractivity contribution < 1.29 is 101 Å². The number of amides is 1. The summed E-state index contributed by atoms with van der Waals surface area (Å²) in [5, 5.41) is 11.9. The fourth-order valence-corrected chi connectivity index (χ4v) is 18.7. The Hall–Kier alpha value is -4.45. The third-order valence-corrected chi connectivity index (χ3v) is 24.3. The maximum Gasteiger partial charge on any atom is 0.335 e. The number of carboxylic acids is 1. The molecule has 18 rings (SSSR count). The number of carboxylic acid groups (broad SMARTS) is 1. The van der Waals surface area contributed by atoms with E-state index in [0.29, 0.717) is 79.6 Å². The van der Waals surface area contributed by atoms with E-state index in [2.05, 4.69) is 51.6 Å². The van der Waals surface area contributed by atoms with E-state index in [1.807, 2.05) is 45.0 Å². The molecule has 0 radical (unpaired) electrons. The second-order valence-corrected chi connectivity index (χ2v) is 30.7. The van der Waals surface area contributed by atoms with Gasteiger partial charge in [0.15, 0.2) is 60.3 Å². The average molecular weight is 1390 g/mol. The van der Waals surface area contributed by atoms with Crippen molar-refractivity contribution >= 4 is 17.7 Å². The fraction of sp³-hybridized carbons (Fsp3) is 0.724. The molecule has 6 bridgehead atoms. The summed E-state index contributed by atoms with van der Waals surface area (Å²) in [6.45, 7) is 21.8. The molecule has 24 atom stereocenters. The van der Waals surface area contributed by atoms with Crippen LogP contribution in [0.4, 0.5) is 0 Å². The second kappa shape index (κ2) is 30.3. The molecule has 12 heterocycles. The first-order valence-electron chi connectivity index (χ1n) is 36.1. The molecule has 1 amide bonds. The van der Waals surface area contributed by atoms with E-state index >= 15 is 0 Å². The average Bonchev–Trinajstić information content (AvgIpc) is 1.71. The van der Waals surface area contributed by atoms with Crippen LogP contribution < -0.4 is 11.1 Å². The van der Waals surface area contributed by atoms with Gasteiger partial charge >= 0.3 is 5.97 Å². The molecular formula is C76H108N2O21. The SMILES string of the molecule is C.COCCN.C[C@@H]1CC[C@H]2[C@@H](C)C(OCc3ccc(C(=O)NCCOCC(=O)c4ccc(COC5O[C@H]6O[C@@]7(C)CC[C@@H]8[C@@H](C)CC[C@H]([C@@H]5C)[C@]68OO7)cc4)cc3)O[C@@H]3O[C@]4(C)CC[C@@H]1[C@]32OO4.C[C@@H]1CC[C@H]2[C@@H](C)C(OCc3ccc(C(=O)O)cc3)O[C@@H]3O[C@]4(C)CC[C@@H]1[C@]32OO4. The first kappa shape index (κ1) is 74.3. The highest BCUT2D eigenvalue weighted by Crippen LogP contribution is 2.64. The molecule has 3 saturated carbocycles. The van der Waals surface area contributed by atoms with Gasteiger partial charge in [0.1, 0.15) is 6.61 Å². The number of rotatable bonds is 19. The van der Waals surface area contributed by atoms with Crippen LogP contribution in [-0.4, -0.2) is 135 Å². The molecule has 0 aromatic heterocycles. The molecule has 4 N–H and O–H groups in total. The van der Waals surface area contributed by atoms with Crippen molar-refractivity contribution in [1.29, 1.82) is 0 Å². The van der Waals surface area contributed by atoms with Crippen molar-refractivity contribution in [3.05, 3.63) is 106 Å². The zero-order valence-electron chi connectivity index (χ0n) is 58.7. The Bertz CT molecular complexity index is 3100. The molecule has 3 aromatic carbocycles. The third-order valence-electron chi connectivity index (χ3n) is 24.3. The van der Waals surface area contributed by atoms with Crippen LogP contribution >= 0.6 is 0 Å². The van der Waals surface area contributed by atoms with Gasteiger partial charge in [-0.2, -0.15) is 0 Å². The topological polar surface area (TPSA) is 266 Å². The first-order chi connectivity index (χ1) is 47.0. The predicted octanol–water partition coefficient (Wildman–Crippen LogP) is 12.1. The Morgan fingerprint density at radius 2 is 0.838 bits per heavy atom. The number of hydrogen-bond donors (Lipinski definition) is 3. The highest BCUT2D eigenvalue weighted by atomic mass is 17.3. The van der Waals surface area contributed by atoms with Crippen molar-refractivity contribution in [2.24, 2.45) is 76.7 Å². The minimum atomic E-state index is -0.936. The van der Waals surface area contributed by atoms with E-state index < -0.39 is 77.9 Å². The number of Topliss-reactive ketones (excluding diaryl/α,β-unsaturated/α-hetero) is 1. The second-order valence-electron chi connectivity index (χ2n) is 30.7. The van der Waals surface area contributed by atoms with E-state index in [-0.39, 0.29) is 79.9 Å². The molecule has 12 aliphatic heterocycles. The number of nitrogens with one attached hydrogen (secondary N) is 1. The number of nitrogens with two attached hydrogens (primary N) is 1. The van der Waals surface area contributed by atoms with E-state index in [4.69, 9.17) is 87.5 Å². The van der Waals surface area contributed by atoms with Gasteiger partial charge in [0.25, 0.3) is 5.91 Å². The molecule has 15 aliphatic rings. The van der Waals surface area contributed by atoms with Crippen LogP contribution in [0.15, 0.2) is 72.8 Å². The summed E-state index contributed by atoms with van der Waals surface area (Å²) in [5.74, 6) is -0.466. The Kier molecular flexibility index (Phi) is 22.8. The number of fused-ring (bicyclic) bond motifs is 6. The van der Waals surface area contributed by atoms with Gasteiger partial charge in [-0.1, -0.05) is 97.5 Å². The number of ketones is 1. The molecule has 3 spiro atoms. The summed E-state index contributed by atoms with van der Waals surface area (Å²) in [6.07, 6.45) is 8.71.